The van der Waals surface area contributed by atoms with Crippen molar-refractivity contribution >= 4 is 11.6 Å². The van der Waals surface area contributed by atoms with Crippen LogP contribution >= 0.6 is 11.6 Å². The Morgan fingerprint density at radius 2 is 1.69 bits per heavy atom. The van der Waals surface area contributed by atoms with Crippen LogP contribution in [-0.2, 0) is 6.42 Å². The normalized spacial score (nSPS) is 10.1. The molecule has 2 heteroatoms. The first-order chi connectivity index (χ1) is 7.78. The number of halogens is 1. The lowest BCUT2D eigenvalue weighted by Crippen LogP contribution is -1.86. The summed E-state index contributed by atoms with van der Waals surface area (Å²) in [5, 5.41) is 0.684. The largest absolute Gasteiger partial charge is 0.457 e. The monoisotopic (exact) mass is 232 g/mol. The number of benzene rings is 2. The van der Waals surface area contributed by atoms with E-state index in [0.29, 0.717) is 5.02 Å². The summed E-state index contributed by atoms with van der Waals surface area (Å²) in [6, 6.07) is 15.5. The molecule has 0 heterocycles. The van der Waals surface area contributed by atoms with E-state index in [9.17, 15) is 0 Å². The number of ether oxygens (including phenoxy) is 1. The second-order valence-electron chi connectivity index (χ2n) is 3.56. The van der Waals surface area contributed by atoms with Crippen molar-refractivity contribution in [1.82, 2.24) is 0 Å². The highest BCUT2D eigenvalue weighted by Crippen LogP contribution is 2.24. The van der Waals surface area contributed by atoms with Gasteiger partial charge < -0.3 is 4.74 Å². The molecule has 0 radical (unpaired) electrons. The molecule has 0 fully saturated rings. The molecule has 0 amide bonds. The van der Waals surface area contributed by atoms with E-state index in [1.54, 1.807) is 6.07 Å². The minimum atomic E-state index is 0.684. The smallest absolute Gasteiger partial charge is 0.128 e. The van der Waals surface area contributed by atoms with Gasteiger partial charge in [0, 0.05) is 5.02 Å². The predicted octanol–water partition coefficient (Wildman–Crippen LogP) is 4.69. The van der Waals surface area contributed by atoms with Crippen LogP contribution in [0.2, 0.25) is 5.02 Å². The summed E-state index contributed by atoms with van der Waals surface area (Å²) in [6.07, 6.45) is 1.01. The molecule has 0 aliphatic rings. The topological polar surface area (TPSA) is 9.23 Å². The van der Waals surface area contributed by atoms with Crippen molar-refractivity contribution < 1.29 is 4.74 Å². The van der Waals surface area contributed by atoms with Crippen LogP contribution in [0.1, 0.15) is 12.5 Å². The molecular weight excluding hydrogens is 220 g/mol. The predicted molar refractivity (Wildman–Crippen MR) is 67.3 cm³/mol. The summed E-state index contributed by atoms with van der Waals surface area (Å²) in [5.74, 6) is 1.61. The lowest BCUT2D eigenvalue weighted by atomic mass is 10.2. The zero-order chi connectivity index (χ0) is 11.4. The third kappa shape index (κ3) is 2.77. The molecule has 0 spiro atoms. The first-order valence-electron chi connectivity index (χ1n) is 5.30. The second kappa shape index (κ2) is 5.04. The van der Waals surface area contributed by atoms with E-state index in [-0.39, 0.29) is 0 Å². The van der Waals surface area contributed by atoms with E-state index in [1.807, 2.05) is 36.4 Å². The van der Waals surface area contributed by atoms with Crippen LogP contribution in [0.4, 0.5) is 0 Å². The molecule has 16 heavy (non-hydrogen) atoms. The van der Waals surface area contributed by atoms with Crippen molar-refractivity contribution in [1.29, 1.82) is 0 Å². The fourth-order valence-corrected chi connectivity index (χ4v) is 1.68. The molecule has 0 saturated carbocycles. The molecule has 2 rings (SSSR count). The molecular formula is C14H13ClO. The Bertz CT molecular complexity index is 480. The molecule has 0 saturated heterocycles. The molecule has 0 aliphatic heterocycles. The summed E-state index contributed by atoms with van der Waals surface area (Å²) >= 11 is 5.89. The van der Waals surface area contributed by atoms with Gasteiger partial charge in [-0.2, -0.15) is 0 Å². The van der Waals surface area contributed by atoms with E-state index in [0.717, 1.165) is 17.9 Å². The van der Waals surface area contributed by atoms with Crippen molar-refractivity contribution in [2.45, 2.75) is 13.3 Å². The Labute approximate surface area is 101 Å². The summed E-state index contributed by atoms with van der Waals surface area (Å²) < 4.78 is 5.72. The summed E-state index contributed by atoms with van der Waals surface area (Å²) in [6.45, 7) is 2.12. The van der Waals surface area contributed by atoms with Crippen molar-refractivity contribution in [3.8, 4) is 11.5 Å². The van der Waals surface area contributed by atoms with E-state index in [2.05, 4.69) is 13.0 Å². The molecule has 0 aliphatic carbocycles. The van der Waals surface area contributed by atoms with Gasteiger partial charge in [-0.05, 0) is 42.3 Å². The van der Waals surface area contributed by atoms with E-state index >= 15 is 0 Å². The van der Waals surface area contributed by atoms with Gasteiger partial charge >= 0.3 is 0 Å². The van der Waals surface area contributed by atoms with E-state index in [4.69, 9.17) is 16.3 Å². The lowest BCUT2D eigenvalue weighted by Gasteiger charge is -2.07. The molecule has 0 unspecified atom stereocenters. The third-order valence-electron chi connectivity index (χ3n) is 2.34. The molecule has 0 atom stereocenters. The summed E-state index contributed by atoms with van der Waals surface area (Å²) in [4.78, 5) is 0. The van der Waals surface area contributed by atoms with Gasteiger partial charge in [-0.25, -0.2) is 0 Å². The first-order valence-corrected chi connectivity index (χ1v) is 5.68. The van der Waals surface area contributed by atoms with Crippen molar-refractivity contribution in [3.05, 3.63) is 59.1 Å². The molecule has 2 aromatic rings. The van der Waals surface area contributed by atoms with Crippen LogP contribution < -0.4 is 4.74 Å². The highest BCUT2D eigenvalue weighted by molar-refractivity contribution is 6.30. The maximum Gasteiger partial charge on any atom is 0.128 e. The van der Waals surface area contributed by atoms with Crippen LogP contribution in [0.5, 0.6) is 11.5 Å². The average molecular weight is 233 g/mol. The minimum absolute atomic E-state index is 0.684. The number of hydrogen-bond donors (Lipinski definition) is 0. The Morgan fingerprint density at radius 3 is 2.38 bits per heavy atom. The SMILES string of the molecule is CCc1cccc(Oc2cccc(Cl)c2)c1. The number of aryl methyl sites for hydroxylation is 1. The van der Waals surface area contributed by atoms with Gasteiger partial charge in [0.2, 0.25) is 0 Å². The fraction of sp³-hybridized carbons (Fsp3) is 0.143. The maximum absolute atomic E-state index is 5.89. The van der Waals surface area contributed by atoms with Crippen molar-refractivity contribution in [3.63, 3.8) is 0 Å². The van der Waals surface area contributed by atoms with Crippen LogP contribution in [0, 0.1) is 0 Å². The zero-order valence-electron chi connectivity index (χ0n) is 9.11. The fourth-order valence-electron chi connectivity index (χ4n) is 1.50. The maximum atomic E-state index is 5.89. The third-order valence-corrected chi connectivity index (χ3v) is 2.57. The van der Waals surface area contributed by atoms with Crippen LogP contribution in [-0.4, -0.2) is 0 Å². The second-order valence-corrected chi connectivity index (χ2v) is 4.00. The van der Waals surface area contributed by atoms with Crippen molar-refractivity contribution in [2.75, 3.05) is 0 Å². The average Bonchev–Trinajstić information content (AvgIpc) is 2.29. The molecule has 0 bridgehead atoms. The van der Waals surface area contributed by atoms with Gasteiger partial charge in [0.15, 0.2) is 0 Å². The Hall–Kier alpha value is -1.47. The van der Waals surface area contributed by atoms with Gasteiger partial charge in [-0.3, -0.25) is 0 Å². The minimum Gasteiger partial charge on any atom is -0.457 e. The molecule has 82 valence electrons. The highest BCUT2D eigenvalue weighted by atomic mass is 35.5. The molecule has 0 N–H and O–H groups in total. The standard InChI is InChI=1S/C14H13ClO/c1-2-11-5-3-7-13(9-11)16-14-8-4-6-12(15)10-14/h3-10H,2H2,1H3. The molecule has 0 aromatic heterocycles. The quantitative estimate of drug-likeness (QED) is 0.746. The number of hydrogen-bond acceptors (Lipinski definition) is 1. The Morgan fingerprint density at radius 1 is 1.00 bits per heavy atom. The van der Waals surface area contributed by atoms with Gasteiger partial charge in [0.05, 0.1) is 0 Å². The van der Waals surface area contributed by atoms with Gasteiger partial charge in [0.1, 0.15) is 11.5 Å². The Kier molecular flexibility index (Phi) is 3.47. The van der Waals surface area contributed by atoms with Gasteiger partial charge in [0.25, 0.3) is 0 Å². The molecule has 1 nitrogen and oxygen atoms in total. The highest BCUT2D eigenvalue weighted by Gasteiger charge is 1.98. The number of rotatable bonds is 3. The van der Waals surface area contributed by atoms with Gasteiger partial charge in [-0.15, -0.1) is 0 Å². The van der Waals surface area contributed by atoms with E-state index < -0.39 is 0 Å². The molecule has 2 aromatic carbocycles. The van der Waals surface area contributed by atoms with Crippen LogP contribution in [0.25, 0.3) is 0 Å². The first kappa shape index (κ1) is 11.0. The van der Waals surface area contributed by atoms with Crippen molar-refractivity contribution in [2.24, 2.45) is 0 Å². The summed E-state index contributed by atoms with van der Waals surface area (Å²) in [7, 11) is 0. The van der Waals surface area contributed by atoms with Crippen LogP contribution in [0.15, 0.2) is 48.5 Å². The summed E-state index contributed by atoms with van der Waals surface area (Å²) in [5.41, 5.74) is 1.26. The lowest BCUT2D eigenvalue weighted by molar-refractivity contribution is 0.482. The van der Waals surface area contributed by atoms with E-state index in [1.165, 1.54) is 5.56 Å². The Balaban J connectivity index is 2.20. The van der Waals surface area contributed by atoms with Crippen LogP contribution in [0.3, 0.4) is 0 Å². The zero-order valence-corrected chi connectivity index (χ0v) is 9.87. The van der Waals surface area contributed by atoms with Gasteiger partial charge in [-0.1, -0.05) is 36.7 Å².